The lowest BCUT2D eigenvalue weighted by atomic mass is 9.86. The third kappa shape index (κ3) is 5.44. The molecule has 0 saturated carbocycles. The zero-order valence-corrected chi connectivity index (χ0v) is 17.0. The van der Waals surface area contributed by atoms with Crippen LogP contribution in [0.25, 0.3) is 11.1 Å². The van der Waals surface area contributed by atoms with Crippen LogP contribution in [-0.4, -0.2) is 22.8 Å². The average Bonchev–Trinajstić information content (AvgIpc) is 2.77. The van der Waals surface area contributed by atoms with Crippen LogP contribution in [0.15, 0.2) is 78.4 Å². The van der Waals surface area contributed by atoms with Crippen LogP contribution in [0.5, 0.6) is 0 Å². The van der Waals surface area contributed by atoms with E-state index in [0.29, 0.717) is 29.0 Å². The second kappa shape index (κ2) is 10.0. The fraction of sp³-hybridized carbons (Fsp3) is 0.200. The summed E-state index contributed by atoms with van der Waals surface area (Å²) in [5.74, 6) is -0.286. The Balaban J connectivity index is 1.64. The molecule has 1 aliphatic carbocycles. The van der Waals surface area contributed by atoms with Crippen LogP contribution in [0.4, 0.5) is 0 Å². The minimum atomic E-state index is -1.01. The number of carbonyl (C=O) groups is 2. The van der Waals surface area contributed by atoms with E-state index in [1.807, 2.05) is 42.4 Å². The molecule has 1 N–H and O–H groups in total. The van der Waals surface area contributed by atoms with Crippen LogP contribution >= 0.6 is 11.6 Å². The van der Waals surface area contributed by atoms with Crippen molar-refractivity contribution in [3.63, 3.8) is 0 Å². The molecule has 30 heavy (non-hydrogen) atoms. The van der Waals surface area contributed by atoms with E-state index in [1.54, 1.807) is 36.4 Å². The molecule has 2 aromatic carbocycles. The smallest absolute Gasteiger partial charge is 0.306 e. The molecule has 0 radical (unpaired) electrons. The normalized spacial score (nSPS) is 16.2. The zero-order chi connectivity index (χ0) is 21.5. The van der Waals surface area contributed by atoms with E-state index in [-0.39, 0.29) is 18.1 Å². The van der Waals surface area contributed by atoms with Crippen LogP contribution in [0.1, 0.15) is 29.6 Å². The maximum atomic E-state index is 12.7. The Hall–Kier alpha value is -3.20. The first-order valence-electron chi connectivity index (χ1n) is 9.70. The van der Waals surface area contributed by atoms with Crippen LogP contribution in [0, 0.1) is 11.8 Å². The molecule has 2 aromatic rings. The van der Waals surface area contributed by atoms with E-state index >= 15 is 0 Å². The van der Waals surface area contributed by atoms with Crippen molar-refractivity contribution >= 4 is 29.3 Å². The Kier molecular flexibility index (Phi) is 7.18. The molecule has 1 aliphatic rings. The van der Waals surface area contributed by atoms with Crippen molar-refractivity contribution in [3.05, 3.63) is 89.0 Å². The van der Waals surface area contributed by atoms with Gasteiger partial charge in [-0.05, 0) is 42.2 Å². The number of ketones is 1. The van der Waals surface area contributed by atoms with Gasteiger partial charge in [-0.2, -0.15) is 0 Å². The molecule has 0 heterocycles. The van der Waals surface area contributed by atoms with Gasteiger partial charge in [0.25, 0.3) is 0 Å². The van der Waals surface area contributed by atoms with Gasteiger partial charge in [0.1, 0.15) is 5.94 Å². The summed E-state index contributed by atoms with van der Waals surface area (Å²) < 4.78 is 0. The highest BCUT2D eigenvalue weighted by molar-refractivity contribution is 6.30. The summed E-state index contributed by atoms with van der Waals surface area (Å²) in [5.41, 5.74) is 2.91. The van der Waals surface area contributed by atoms with E-state index in [0.717, 1.165) is 11.1 Å². The number of halogens is 1. The Labute approximate surface area is 180 Å². The molecule has 0 saturated heterocycles. The fourth-order valence-electron chi connectivity index (χ4n) is 3.47. The number of aliphatic carboxylic acids is 1. The molecular weight excluding hydrogens is 400 g/mol. The number of rotatable bonds is 8. The predicted molar refractivity (Wildman–Crippen MR) is 117 cm³/mol. The molecule has 0 aromatic heterocycles. The van der Waals surface area contributed by atoms with Crippen molar-refractivity contribution in [2.45, 2.75) is 19.3 Å². The van der Waals surface area contributed by atoms with Gasteiger partial charge in [0.15, 0.2) is 5.78 Å². The van der Waals surface area contributed by atoms with E-state index in [2.05, 4.69) is 0 Å². The molecular formula is C25H21ClO4. The molecule has 0 fully saturated rings. The van der Waals surface area contributed by atoms with Gasteiger partial charge in [-0.1, -0.05) is 66.2 Å². The number of hydrogen-bond acceptors (Lipinski definition) is 3. The van der Waals surface area contributed by atoms with Crippen molar-refractivity contribution in [1.82, 2.24) is 0 Å². The number of carboxylic acids is 1. The first-order chi connectivity index (χ1) is 14.5. The van der Waals surface area contributed by atoms with Crippen LogP contribution in [-0.2, 0) is 9.59 Å². The third-order valence-electron chi connectivity index (χ3n) is 5.24. The van der Waals surface area contributed by atoms with Gasteiger partial charge in [-0.3, -0.25) is 9.59 Å². The van der Waals surface area contributed by atoms with Crippen molar-refractivity contribution in [1.29, 1.82) is 0 Å². The van der Waals surface area contributed by atoms with Crippen molar-refractivity contribution in [2.75, 3.05) is 0 Å². The third-order valence-corrected chi connectivity index (χ3v) is 5.49. The minimum Gasteiger partial charge on any atom is -0.481 e. The van der Waals surface area contributed by atoms with Crippen LogP contribution < -0.4 is 0 Å². The number of benzene rings is 2. The second-order valence-corrected chi connectivity index (χ2v) is 7.67. The highest BCUT2D eigenvalue weighted by Crippen LogP contribution is 2.27. The number of carboxylic acid groups (broad SMARTS) is 1. The maximum Gasteiger partial charge on any atom is 0.306 e. The topological polar surface area (TPSA) is 71.4 Å². The highest BCUT2D eigenvalue weighted by atomic mass is 35.5. The molecule has 3 rings (SSSR count). The van der Waals surface area contributed by atoms with Gasteiger partial charge in [-0.15, -0.1) is 0 Å². The van der Waals surface area contributed by atoms with Crippen LogP contribution in [0.2, 0.25) is 5.02 Å². The SMILES string of the molecule is O=C=C1C=CC=CC1CCC(CC(=O)c1ccc(-c2ccc(Cl)cc2)cc1)C(=O)O. The highest BCUT2D eigenvalue weighted by Gasteiger charge is 2.24. The standard InChI is InChI=1S/C25H21ClO4/c26-23-13-11-19(12-14-23)18-5-8-20(9-6-18)24(28)15-21(25(29)30)10-7-17-3-1-2-4-22(17)16-27/h1-6,8-9,11-14,17,21H,7,10,15H2,(H,29,30). The summed E-state index contributed by atoms with van der Waals surface area (Å²) in [7, 11) is 0. The lowest BCUT2D eigenvalue weighted by Gasteiger charge is -2.17. The summed E-state index contributed by atoms with van der Waals surface area (Å²) >= 11 is 5.91. The van der Waals surface area contributed by atoms with E-state index in [9.17, 15) is 19.5 Å². The van der Waals surface area contributed by atoms with Gasteiger partial charge in [0.2, 0.25) is 0 Å². The molecule has 0 spiro atoms. The Morgan fingerprint density at radius 3 is 2.23 bits per heavy atom. The van der Waals surface area contributed by atoms with E-state index in [4.69, 9.17) is 11.6 Å². The van der Waals surface area contributed by atoms with Crippen molar-refractivity contribution < 1.29 is 19.5 Å². The Bertz CT molecular complexity index is 1030. The largest absolute Gasteiger partial charge is 0.481 e. The molecule has 2 unspecified atom stereocenters. The van der Waals surface area contributed by atoms with Gasteiger partial charge < -0.3 is 5.11 Å². The first kappa shape index (κ1) is 21.5. The fourth-order valence-corrected chi connectivity index (χ4v) is 3.60. The van der Waals surface area contributed by atoms with E-state index < -0.39 is 11.9 Å². The number of hydrogen-bond donors (Lipinski definition) is 1. The lowest BCUT2D eigenvalue weighted by Crippen LogP contribution is -2.19. The summed E-state index contributed by atoms with van der Waals surface area (Å²) in [4.78, 5) is 35.4. The first-order valence-corrected chi connectivity index (χ1v) is 10.1. The summed E-state index contributed by atoms with van der Waals surface area (Å²) in [6, 6.07) is 14.5. The average molecular weight is 421 g/mol. The maximum absolute atomic E-state index is 12.7. The molecule has 152 valence electrons. The Morgan fingerprint density at radius 1 is 1.00 bits per heavy atom. The van der Waals surface area contributed by atoms with Crippen molar-refractivity contribution in [2.24, 2.45) is 11.8 Å². The number of Topliss-reactive ketones (excluding diaryl/α,β-unsaturated/α-hetero) is 1. The summed E-state index contributed by atoms with van der Waals surface area (Å²) in [6.07, 6.45) is 7.82. The molecule has 0 aliphatic heterocycles. The summed E-state index contributed by atoms with van der Waals surface area (Å²) in [6.45, 7) is 0. The zero-order valence-electron chi connectivity index (χ0n) is 16.3. The summed E-state index contributed by atoms with van der Waals surface area (Å²) in [5, 5.41) is 10.2. The van der Waals surface area contributed by atoms with Gasteiger partial charge in [0, 0.05) is 28.5 Å². The van der Waals surface area contributed by atoms with Crippen LogP contribution in [0.3, 0.4) is 0 Å². The van der Waals surface area contributed by atoms with Gasteiger partial charge in [-0.25, -0.2) is 4.79 Å². The molecule has 2 atom stereocenters. The molecule has 0 bridgehead atoms. The minimum absolute atomic E-state index is 0.0813. The quantitative estimate of drug-likeness (QED) is 0.448. The molecule has 0 amide bonds. The monoisotopic (exact) mass is 420 g/mol. The Morgan fingerprint density at radius 2 is 1.63 bits per heavy atom. The van der Waals surface area contributed by atoms with Gasteiger partial charge in [0.05, 0.1) is 5.92 Å². The molecule has 4 nitrogen and oxygen atoms in total. The molecule has 5 heteroatoms. The lowest BCUT2D eigenvalue weighted by molar-refractivity contribution is -0.142. The van der Waals surface area contributed by atoms with Crippen molar-refractivity contribution in [3.8, 4) is 11.1 Å². The van der Waals surface area contributed by atoms with E-state index in [1.165, 1.54) is 0 Å². The second-order valence-electron chi connectivity index (χ2n) is 7.23. The predicted octanol–water partition coefficient (Wildman–Crippen LogP) is 5.56. The number of allylic oxidation sites excluding steroid dienone is 5. The van der Waals surface area contributed by atoms with Gasteiger partial charge >= 0.3 is 5.97 Å². The number of carbonyl (C=O) groups excluding carboxylic acids is 2.